The summed E-state index contributed by atoms with van der Waals surface area (Å²) in [6.45, 7) is 0. The van der Waals surface area contributed by atoms with Crippen molar-refractivity contribution in [2.75, 3.05) is 11.5 Å². The van der Waals surface area contributed by atoms with Gasteiger partial charge < -0.3 is 4.74 Å². The third kappa shape index (κ3) is 4.31. The highest BCUT2D eigenvalue weighted by molar-refractivity contribution is 7.99. The van der Waals surface area contributed by atoms with Crippen LogP contribution in [0.3, 0.4) is 0 Å². The lowest BCUT2D eigenvalue weighted by atomic mass is 10.1. The molecule has 2 aromatic rings. The van der Waals surface area contributed by atoms with E-state index in [0.717, 1.165) is 29.7 Å². The zero-order chi connectivity index (χ0) is 14.3. The van der Waals surface area contributed by atoms with Gasteiger partial charge in [0.2, 0.25) is 0 Å². The molecule has 1 aliphatic heterocycles. The first-order valence-electron chi connectivity index (χ1n) is 7.32. The number of hydrogen-bond acceptors (Lipinski definition) is 2. The first-order valence-corrected chi connectivity index (χ1v) is 8.47. The van der Waals surface area contributed by atoms with Crippen LogP contribution in [0.5, 0.6) is 5.75 Å². The standard InChI is InChI=1S/C19H18OS/c1-2-4-16(5-3-1)6-7-17-8-10-18(11-9-17)20-19-12-14-21-15-13-19/h1-5,8-11,19H,12-15H2. The van der Waals surface area contributed by atoms with Crippen LogP contribution in [0.1, 0.15) is 24.0 Å². The maximum atomic E-state index is 6.01. The molecule has 0 aromatic heterocycles. The molecule has 1 nitrogen and oxygen atoms in total. The van der Waals surface area contributed by atoms with Crippen LogP contribution >= 0.6 is 11.8 Å². The lowest BCUT2D eigenvalue weighted by molar-refractivity contribution is 0.192. The summed E-state index contributed by atoms with van der Waals surface area (Å²) in [5.74, 6) is 9.73. The second-order valence-electron chi connectivity index (χ2n) is 5.07. The molecule has 1 heterocycles. The van der Waals surface area contributed by atoms with Crippen molar-refractivity contribution in [3.8, 4) is 17.6 Å². The van der Waals surface area contributed by atoms with E-state index in [1.165, 1.54) is 11.5 Å². The minimum absolute atomic E-state index is 0.382. The van der Waals surface area contributed by atoms with Crippen LogP contribution in [0.4, 0.5) is 0 Å². The molecule has 3 rings (SSSR count). The van der Waals surface area contributed by atoms with Crippen molar-refractivity contribution in [1.82, 2.24) is 0 Å². The number of ether oxygens (including phenoxy) is 1. The molecule has 2 heteroatoms. The molecule has 2 aromatic carbocycles. The molecule has 1 saturated heterocycles. The summed E-state index contributed by atoms with van der Waals surface area (Å²) in [5, 5.41) is 0. The van der Waals surface area contributed by atoms with Crippen molar-refractivity contribution in [1.29, 1.82) is 0 Å². The van der Waals surface area contributed by atoms with Gasteiger partial charge in [-0.25, -0.2) is 0 Å². The Morgan fingerprint density at radius 2 is 1.43 bits per heavy atom. The van der Waals surface area contributed by atoms with Gasteiger partial charge in [-0.1, -0.05) is 30.0 Å². The van der Waals surface area contributed by atoms with Gasteiger partial charge in [-0.2, -0.15) is 11.8 Å². The SMILES string of the molecule is C(#Cc1ccc(OC2CCSCC2)cc1)c1ccccc1. The van der Waals surface area contributed by atoms with Crippen LogP contribution in [0, 0.1) is 11.8 Å². The molecule has 0 aliphatic carbocycles. The topological polar surface area (TPSA) is 9.23 Å². The fourth-order valence-corrected chi connectivity index (χ4v) is 3.33. The molecule has 0 bridgehead atoms. The van der Waals surface area contributed by atoms with Crippen LogP contribution in [0.2, 0.25) is 0 Å². The molecular weight excluding hydrogens is 276 g/mol. The summed E-state index contributed by atoms with van der Waals surface area (Å²) in [6.07, 6.45) is 2.69. The van der Waals surface area contributed by atoms with E-state index in [-0.39, 0.29) is 0 Å². The number of thioether (sulfide) groups is 1. The zero-order valence-electron chi connectivity index (χ0n) is 11.9. The summed E-state index contributed by atoms with van der Waals surface area (Å²) in [4.78, 5) is 0. The zero-order valence-corrected chi connectivity index (χ0v) is 12.7. The lowest BCUT2D eigenvalue weighted by Gasteiger charge is -2.22. The van der Waals surface area contributed by atoms with Crippen molar-refractivity contribution < 1.29 is 4.74 Å². The molecule has 106 valence electrons. The summed E-state index contributed by atoms with van der Waals surface area (Å²) in [5.41, 5.74) is 2.06. The Labute approximate surface area is 130 Å². The summed E-state index contributed by atoms with van der Waals surface area (Å²) < 4.78 is 6.01. The van der Waals surface area contributed by atoms with Gasteiger partial charge in [-0.15, -0.1) is 0 Å². The van der Waals surface area contributed by atoms with E-state index in [0.29, 0.717) is 6.10 Å². The van der Waals surface area contributed by atoms with Gasteiger partial charge in [0.1, 0.15) is 11.9 Å². The van der Waals surface area contributed by atoms with Gasteiger partial charge in [0.15, 0.2) is 0 Å². The molecule has 0 unspecified atom stereocenters. The molecular formula is C19H18OS. The van der Waals surface area contributed by atoms with Gasteiger partial charge in [-0.3, -0.25) is 0 Å². The third-order valence-electron chi connectivity index (χ3n) is 3.45. The minimum Gasteiger partial charge on any atom is -0.490 e. The van der Waals surface area contributed by atoms with E-state index in [4.69, 9.17) is 4.74 Å². The van der Waals surface area contributed by atoms with E-state index in [1.54, 1.807) is 0 Å². The van der Waals surface area contributed by atoms with Crippen molar-refractivity contribution in [2.45, 2.75) is 18.9 Å². The Morgan fingerprint density at radius 1 is 0.810 bits per heavy atom. The van der Waals surface area contributed by atoms with Crippen LogP contribution in [0.25, 0.3) is 0 Å². The molecule has 0 spiro atoms. The van der Waals surface area contributed by atoms with E-state index in [1.807, 2.05) is 66.4 Å². The van der Waals surface area contributed by atoms with Crippen LogP contribution in [-0.2, 0) is 0 Å². The second-order valence-corrected chi connectivity index (χ2v) is 6.29. The summed E-state index contributed by atoms with van der Waals surface area (Å²) in [6, 6.07) is 18.2. The molecule has 0 radical (unpaired) electrons. The Balaban J connectivity index is 1.63. The highest BCUT2D eigenvalue weighted by Gasteiger charge is 2.14. The van der Waals surface area contributed by atoms with Crippen LogP contribution in [-0.4, -0.2) is 17.6 Å². The average Bonchev–Trinajstić information content (AvgIpc) is 2.56. The van der Waals surface area contributed by atoms with Gasteiger partial charge in [0.25, 0.3) is 0 Å². The highest BCUT2D eigenvalue weighted by Crippen LogP contribution is 2.22. The first-order chi connectivity index (χ1) is 10.4. The molecule has 0 atom stereocenters. The quantitative estimate of drug-likeness (QED) is 0.761. The van der Waals surface area contributed by atoms with Gasteiger partial charge >= 0.3 is 0 Å². The van der Waals surface area contributed by atoms with Gasteiger partial charge in [-0.05, 0) is 60.7 Å². The van der Waals surface area contributed by atoms with E-state index < -0.39 is 0 Å². The van der Waals surface area contributed by atoms with E-state index >= 15 is 0 Å². The average molecular weight is 294 g/mol. The molecule has 0 saturated carbocycles. The number of rotatable bonds is 2. The van der Waals surface area contributed by atoms with E-state index in [2.05, 4.69) is 11.8 Å². The Hall–Kier alpha value is -1.85. The third-order valence-corrected chi connectivity index (χ3v) is 4.50. The fourth-order valence-electron chi connectivity index (χ4n) is 2.27. The molecule has 21 heavy (non-hydrogen) atoms. The highest BCUT2D eigenvalue weighted by atomic mass is 32.2. The van der Waals surface area contributed by atoms with Crippen LogP contribution < -0.4 is 4.74 Å². The van der Waals surface area contributed by atoms with Crippen LogP contribution in [0.15, 0.2) is 54.6 Å². The maximum Gasteiger partial charge on any atom is 0.119 e. The van der Waals surface area contributed by atoms with Gasteiger partial charge in [0, 0.05) is 11.1 Å². The number of benzene rings is 2. The van der Waals surface area contributed by atoms with Crippen molar-refractivity contribution >= 4 is 11.8 Å². The van der Waals surface area contributed by atoms with Crippen molar-refractivity contribution in [3.63, 3.8) is 0 Å². The monoisotopic (exact) mass is 294 g/mol. The Kier molecular flexibility index (Phi) is 4.86. The predicted octanol–water partition coefficient (Wildman–Crippen LogP) is 4.36. The largest absolute Gasteiger partial charge is 0.490 e. The van der Waals surface area contributed by atoms with E-state index in [9.17, 15) is 0 Å². The predicted molar refractivity (Wildman–Crippen MR) is 89.8 cm³/mol. The maximum absolute atomic E-state index is 6.01. The molecule has 1 fully saturated rings. The molecule has 0 N–H and O–H groups in total. The minimum atomic E-state index is 0.382. The first kappa shape index (κ1) is 14.1. The normalized spacial score (nSPS) is 15.0. The fraction of sp³-hybridized carbons (Fsp3) is 0.263. The smallest absolute Gasteiger partial charge is 0.119 e. The number of hydrogen-bond donors (Lipinski definition) is 0. The van der Waals surface area contributed by atoms with Crippen molar-refractivity contribution in [2.24, 2.45) is 0 Å². The summed E-state index contributed by atoms with van der Waals surface area (Å²) in [7, 11) is 0. The Bertz CT molecular complexity index is 616. The lowest BCUT2D eigenvalue weighted by Crippen LogP contribution is -2.21. The molecule has 0 amide bonds. The molecule has 1 aliphatic rings. The van der Waals surface area contributed by atoms with Gasteiger partial charge in [0.05, 0.1) is 0 Å². The second kappa shape index (κ2) is 7.24. The summed E-state index contributed by atoms with van der Waals surface area (Å²) >= 11 is 2.02. The van der Waals surface area contributed by atoms with Crippen molar-refractivity contribution in [3.05, 3.63) is 65.7 Å². The Morgan fingerprint density at radius 3 is 2.10 bits per heavy atom.